The normalized spacial score (nSPS) is 20.3. The van der Waals surface area contributed by atoms with Crippen molar-refractivity contribution in [3.05, 3.63) is 78.4 Å². The molecule has 5 atom stereocenters. The molecule has 0 aromatic heterocycles. The van der Waals surface area contributed by atoms with Crippen molar-refractivity contribution in [3.63, 3.8) is 0 Å². The smallest absolute Gasteiger partial charge is 0.411 e. The number of benzene rings is 3. The number of nitrogens with zero attached hydrogens (tertiary/aromatic N) is 2. The highest BCUT2D eigenvalue weighted by molar-refractivity contribution is 7.89. The second kappa shape index (κ2) is 16.8. The molecule has 0 saturated carbocycles. The van der Waals surface area contributed by atoms with Crippen LogP contribution in [0, 0.1) is 11.3 Å². The van der Waals surface area contributed by atoms with E-state index in [0.29, 0.717) is 30.2 Å². The lowest BCUT2D eigenvalue weighted by molar-refractivity contribution is -0.0907. The van der Waals surface area contributed by atoms with Gasteiger partial charge in [-0.25, -0.2) is 18.0 Å². The molecule has 2 amide bonds. The van der Waals surface area contributed by atoms with Crippen molar-refractivity contribution in [1.82, 2.24) is 9.62 Å². The fraction of sp³-hybridized carbons (Fsp3) is 0.474. The van der Waals surface area contributed by atoms with E-state index in [1.807, 2.05) is 44.2 Å². The van der Waals surface area contributed by atoms with Gasteiger partial charge in [-0.15, -0.1) is 0 Å². The summed E-state index contributed by atoms with van der Waals surface area (Å²) in [5.41, 5.74) is 0.418. The molecule has 0 unspecified atom stereocenters. The minimum Gasteiger partial charge on any atom is -0.497 e. The first-order valence-corrected chi connectivity index (χ1v) is 19.2. The average molecular weight is 770 g/mol. The van der Waals surface area contributed by atoms with E-state index in [-0.39, 0.29) is 55.9 Å². The predicted molar refractivity (Wildman–Crippen MR) is 195 cm³/mol. The number of alkyl carbamates (subject to hydrolysis) is 1. The topological polar surface area (TPSA) is 183 Å². The van der Waals surface area contributed by atoms with Crippen LogP contribution in [0.5, 0.6) is 17.2 Å². The number of carbonyl (C=O) groups excluding carboxylic acids is 1. The number of carbonyl (C=O) groups is 2. The van der Waals surface area contributed by atoms with Crippen molar-refractivity contribution in [3.8, 4) is 17.2 Å². The maximum absolute atomic E-state index is 14.5. The molecule has 292 valence electrons. The molecule has 2 fully saturated rings. The predicted octanol–water partition coefficient (Wildman–Crippen LogP) is 4.48. The number of hydrogen-bond donors (Lipinski definition) is 3. The van der Waals surface area contributed by atoms with Crippen LogP contribution in [0.15, 0.2) is 77.7 Å². The van der Waals surface area contributed by atoms with Crippen LogP contribution in [-0.4, -0.2) is 106 Å². The van der Waals surface area contributed by atoms with E-state index >= 15 is 0 Å². The molecular formula is C38H47N3O12S. The Bertz CT molecular complexity index is 1860. The van der Waals surface area contributed by atoms with Crippen LogP contribution in [-0.2, 0) is 30.7 Å². The van der Waals surface area contributed by atoms with E-state index in [1.54, 1.807) is 24.3 Å². The summed E-state index contributed by atoms with van der Waals surface area (Å²) in [5.74, 6) is 1.15. The number of aliphatic hydroxyl groups is 1. The molecule has 0 spiro atoms. The number of anilines is 1. The Morgan fingerprint density at radius 3 is 2.48 bits per heavy atom. The third kappa shape index (κ3) is 9.36. The second-order valence-corrected chi connectivity index (χ2v) is 16.3. The van der Waals surface area contributed by atoms with E-state index in [2.05, 4.69) is 5.32 Å². The maximum atomic E-state index is 14.5. The highest BCUT2D eigenvalue weighted by atomic mass is 32.2. The zero-order valence-corrected chi connectivity index (χ0v) is 31.3. The lowest BCUT2D eigenvalue weighted by Gasteiger charge is -2.36. The summed E-state index contributed by atoms with van der Waals surface area (Å²) in [6.45, 7) is 3.83. The highest BCUT2D eigenvalue weighted by Gasteiger charge is 2.44. The third-order valence-electron chi connectivity index (χ3n) is 9.91. The first-order chi connectivity index (χ1) is 25.8. The van der Waals surface area contributed by atoms with Gasteiger partial charge in [-0.05, 0) is 66.6 Å². The van der Waals surface area contributed by atoms with Crippen LogP contribution < -0.4 is 24.4 Å². The Labute approximate surface area is 314 Å². The molecule has 0 radical (unpaired) electrons. The maximum Gasteiger partial charge on any atom is 0.411 e. The Balaban J connectivity index is 1.24. The van der Waals surface area contributed by atoms with Gasteiger partial charge in [0.25, 0.3) is 0 Å². The van der Waals surface area contributed by atoms with Crippen molar-refractivity contribution >= 4 is 27.9 Å². The van der Waals surface area contributed by atoms with Gasteiger partial charge in [-0.3, -0.25) is 4.90 Å². The molecule has 3 aliphatic heterocycles. The minimum absolute atomic E-state index is 0.0487. The summed E-state index contributed by atoms with van der Waals surface area (Å²) in [6.07, 6.45) is -3.19. The molecular weight excluding hydrogens is 722 g/mol. The first-order valence-electron chi connectivity index (χ1n) is 17.8. The molecule has 2 saturated heterocycles. The number of carboxylic acid groups (broad SMARTS) is 1. The SMILES string of the molecule is COc1ccc(N(CCC(C)(C)CN(C[C@@H](O)[C@H](Cc2ccccc2)NC(=O)O[C@H]2CO[C@H]3OCC[C@H]32)S(=O)(=O)c2ccc3c(c2)OCO3)C(=O)O)cc1. The zero-order valence-electron chi connectivity index (χ0n) is 30.5. The summed E-state index contributed by atoms with van der Waals surface area (Å²) in [6, 6.07) is 19.1. The van der Waals surface area contributed by atoms with Gasteiger partial charge in [-0.1, -0.05) is 44.2 Å². The van der Waals surface area contributed by atoms with Crippen LogP contribution in [0.1, 0.15) is 32.3 Å². The lowest BCUT2D eigenvalue weighted by atomic mass is 9.88. The molecule has 3 aromatic carbocycles. The number of hydrogen-bond acceptors (Lipinski definition) is 11. The Hall–Kier alpha value is -4.61. The Morgan fingerprint density at radius 2 is 1.76 bits per heavy atom. The molecule has 3 heterocycles. The van der Waals surface area contributed by atoms with Gasteiger partial charge < -0.3 is 44.0 Å². The van der Waals surface area contributed by atoms with Crippen molar-refractivity contribution in [2.75, 3.05) is 51.7 Å². The van der Waals surface area contributed by atoms with Crippen LogP contribution in [0.3, 0.4) is 0 Å². The molecule has 15 nitrogen and oxygen atoms in total. The van der Waals surface area contributed by atoms with E-state index in [1.165, 1.54) is 34.5 Å². The second-order valence-electron chi connectivity index (χ2n) is 14.3. The van der Waals surface area contributed by atoms with Crippen LogP contribution in [0.4, 0.5) is 15.3 Å². The van der Waals surface area contributed by atoms with E-state index in [9.17, 15) is 28.2 Å². The van der Waals surface area contributed by atoms with Crippen LogP contribution in [0.2, 0.25) is 0 Å². The number of ether oxygens (including phenoxy) is 6. The van der Waals surface area contributed by atoms with Gasteiger partial charge >= 0.3 is 12.2 Å². The minimum atomic E-state index is -4.31. The van der Waals surface area contributed by atoms with Crippen molar-refractivity contribution in [2.24, 2.45) is 11.3 Å². The number of amides is 2. The quantitative estimate of drug-likeness (QED) is 0.186. The Kier molecular flexibility index (Phi) is 12.2. The van der Waals surface area contributed by atoms with Crippen LogP contribution >= 0.6 is 0 Å². The molecule has 3 N–H and O–H groups in total. The molecule has 16 heteroatoms. The number of methoxy groups -OCH3 is 1. The van der Waals surface area contributed by atoms with Gasteiger partial charge in [0, 0.05) is 31.4 Å². The van der Waals surface area contributed by atoms with Crippen molar-refractivity contribution < 1.29 is 56.6 Å². The van der Waals surface area contributed by atoms with Gasteiger partial charge in [0.1, 0.15) is 11.9 Å². The largest absolute Gasteiger partial charge is 0.497 e. The Morgan fingerprint density at radius 1 is 1.02 bits per heavy atom. The monoisotopic (exact) mass is 769 g/mol. The fourth-order valence-corrected chi connectivity index (χ4v) is 8.52. The summed E-state index contributed by atoms with van der Waals surface area (Å²) >= 11 is 0. The molecule has 3 aliphatic rings. The first kappa shape index (κ1) is 39.1. The summed E-state index contributed by atoms with van der Waals surface area (Å²) in [7, 11) is -2.79. The van der Waals surface area contributed by atoms with E-state index in [4.69, 9.17) is 28.4 Å². The van der Waals surface area contributed by atoms with E-state index < -0.39 is 58.7 Å². The van der Waals surface area contributed by atoms with Gasteiger partial charge in [0.05, 0.1) is 43.3 Å². The number of sulfonamides is 1. The average Bonchev–Trinajstić information content (AvgIpc) is 3.90. The standard InChI is InChI=1S/C38H47N3O12S/c1-38(2,16-17-41(37(44)45)26-9-11-27(48-3)12-10-26)23-40(54(46,47)28-13-14-32-33(20-28)52-24-51-32)21-31(42)30(19-25-7-5-4-6-8-25)39-36(43)53-34-22-50-35-29(34)15-18-49-35/h4-14,20,29-31,34-35,42H,15-19,21-24H2,1-3H3,(H,39,43)(H,44,45)/t29-,30-,31+,34-,35+/m0/s1. The number of nitrogens with one attached hydrogen (secondary N) is 1. The van der Waals surface area contributed by atoms with Gasteiger partial charge in [0.15, 0.2) is 17.8 Å². The third-order valence-corrected chi connectivity index (χ3v) is 11.7. The summed E-state index contributed by atoms with van der Waals surface area (Å²) in [4.78, 5) is 26.8. The number of fused-ring (bicyclic) bond motifs is 2. The highest BCUT2D eigenvalue weighted by Crippen LogP contribution is 2.36. The van der Waals surface area contributed by atoms with Crippen molar-refractivity contribution in [2.45, 2.75) is 62.5 Å². The molecule has 0 bridgehead atoms. The molecule has 0 aliphatic carbocycles. The summed E-state index contributed by atoms with van der Waals surface area (Å²) in [5, 5.41) is 24.8. The van der Waals surface area contributed by atoms with Gasteiger partial charge in [0.2, 0.25) is 16.8 Å². The molecule has 6 rings (SSSR count). The number of rotatable bonds is 16. The summed E-state index contributed by atoms with van der Waals surface area (Å²) < 4.78 is 63.1. The molecule has 54 heavy (non-hydrogen) atoms. The zero-order chi connectivity index (χ0) is 38.5. The van der Waals surface area contributed by atoms with Crippen LogP contribution in [0.25, 0.3) is 0 Å². The fourth-order valence-electron chi connectivity index (χ4n) is 6.86. The lowest BCUT2D eigenvalue weighted by Crippen LogP contribution is -2.52. The molecule has 3 aromatic rings. The number of aliphatic hydroxyl groups excluding tert-OH is 1. The van der Waals surface area contributed by atoms with E-state index in [0.717, 1.165) is 5.56 Å². The van der Waals surface area contributed by atoms with Gasteiger partial charge in [-0.2, -0.15) is 4.31 Å². The van der Waals surface area contributed by atoms with Crippen molar-refractivity contribution in [1.29, 1.82) is 0 Å².